The summed E-state index contributed by atoms with van der Waals surface area (Å²) in [6.45, 7) is 0. The number of fused-ring (bicyclic) bond motifs is 1. The van der Waals surface area contributed by atoms with Gasteiger partial charge < -0.3 is 9.97 Å². The summed E-state index contributed by atoms with van der Waals surface area (Å²) in [6, 6.07) is 24.5. The summed E-state index contributed by atoms with van der Waals surface area (Å²) in [5, 5.41) is 0. The van der Waals surface area contributed by atoms with Gasteiger partial charge in [0.15, 0.2) is 0 Å². The van der Waals surface area contributed by atoms with Crippen LogP contribution in [0.5, 0.6) is 0 Å². The lowest BCUT2D eigenvalue weighted by Gasteiger charge is -2.10. The second-order valence-electron chi connectivity index (χ2n) is 5.25. The zero-order chi connectivity index (χ0) is 14.9. The number of nitrogens with one attached hydrogen (secondary N) is 2. The van der Waals surface area contributed by atoms with Crippen molar-refractivity contribution in [2.75, 3.05) is 0 Å². The summed E-state index contributed by atoms with van der Waals surface area (Å²) in [7, 11) is 0. The van der Waals surface area contributed by atoms with E-state index in [4.69, 9.17) is 0 Å². The minimum Gasteiger partial charge on any atom is -0.306 e. The van der Waals surface area contributed by atoms with Gasteiger partial charge in [-0.05, 0) is 34.4 Å². The van der Waals surface area contributed by atoms with Gasteiger partial charge in [-0.3, -0.25) is 0 Å². The molecule has 1 heterocycles. The third-order valence-corrected chi connectivity index (χ3v) is 3.82. The minimum absolute atomic E-state index is 0.181. The highest BCUT2D eigenvalue weighted by molar-refractivity contribution is 5.93. The Labute approximate surface area is 127 Å². The molecule has 0 saturated carbocycles. The summed E-state index contributed by atoms with van der Waals surface area (Å²) < 4.78 is 0. The van der Waals surface area contributed by atoms with Crippen molar-refractivity contribution >= 4 is 11.0 Å². The Hall–Kier alpha value is -3.07. The van der Waals surface area contributed by atoms with E-state index in [0.717, 1.165) is 33.3 Å². The van der Waals surface area contributed by atoms with E-state index in [9.17, 15) is 4.79 Å². The first kappa shape index (κ1) is 12.7. The van der Waals surface area contributed by atoms with Gasteiger partial charge in [0.25, 0.3) is 0 Å². The van der Waals surface area contributed by atoms with Crippen molar-refractivity contribution in [3.05, 3.63) is 83.3 Å². The second-order valence-corrected chi connectivity index (χ2v) is 5.25. The first-order valence-corrected chi connectivity index (χ1v) is 7.18. The van der Waals surface area contributed by atoms with E-state index in [1.54, 1.807) is 0 Å². The lowest BCUT2D eigenvalue weighted by atomic mass is 9.94. The van der Waals surface area contributed by atoms with Crippen molar-refractivity contribution in [3.8, 4) is 22.3 Å². The highest BCUT2D eigenvalue weighted by Crippen LogP contribution is 2.34. The quantitative estimate of drug-likeness (QED) is 0.570. The van der Waals surface area contributed by atoms with Crippen LogP contribution >= 0.6 is 0 Å². The lowest BCUT2D eigenvalue weighted by Crippen LogP contribution is -1.99. The second kappa shape index (κ2) is 5.04. The number of hydrogen-bond donors (Lipinski definition) is 2. The summed E-state index contributed by atoms with van der Waals surface area (Å²) >= 11 is 0. The maximum atomic E-state index is 11.6. The molecule has 4 aromatic rings. The van der Waals surface area contributed by atoms with Gasteiger partial charge in [0.05, 0.1) is 11.0 Å². The van der Waals surface area contributed by atoms with Gasteiger partial charge in [0.2, 0.25) is 0 Å². The maximum Gasteiger partial charge on any atom is 0.323 e. The standard InChI is InChI=1S/C19H14N2O/c22-19-20-17-11-15(13-7-3-1-4-8-13)16(12-18(17)21-19)14-9-5-2-6-10-14/h1-12H,(H2,20,21,22). The average Bonchev–Trinajstić information content (AvgIpc) is 2.94. The van der Waals surface area contributed by atoms with Crippen LogP contribution in [0.15, 0.2) is 77.6 Å². The van der Waals surface area contributed by atoms with Gasteiger partial charge in [-0.15, -0.1) is 0 Å². The molecule has 0 radical (unpaired) electrons. The molecule has 0 saturated heterocycles. The van der Waals surface area contributed by atoms with Gasteiger partial charge >= 0.3 is 5.69 Å². The van der Waals surface area contributed by atoms with E-state index >= 15 is 0 Å². The highest BCUT2D eigenvalue weighted by atomic mass is 16.1. The molecule has 0 atom stereocenters. The number of benzene rings is 3. The number of aromatic nitrogens is 2. The predicted molar refractivity (Wildman–Crippen MR) is 89.8 cm³/mol. The third kappa shape index (κ3) is 2.13. The molecule has 0 fully saturated rings. The van der Waals surface area contributed by atoms with Crippen LogP contribution < -0.4 is 5.69 Å². The molecule has 0 amide bonds. The monoisotopic (exact) mass is 286 g/mol. The Morgan fingerprint density at radius 2 is 1.00 bits per heavy atom. The zero-order valence-electron chi connectivity index (χ0n) is 11.8. The SMILES string of the molecule is O=c1[nH]c2cc(-c3ccccc3)c(-c3ccccc3)cc2[nH]1. The van der Waals surface area contributed by atoms with Crippen molar-refractivity contribution in [1.82, 2.24) is 9.97 Å². The average molecular weight is 286 g/mol. The van der Waals surface area contributed by atoms with Crippen LogP contribution in [0, 0.1) is 0 Å². The topological polar surface area (TPSA) is 48.6 Å². The number of rotatable bonds is 2. The predicted octanol–water partition coefficient (Wildman–Crippen LogP) is 4.19. The van der Waals surface area contributed by atoms with Crippen LogP contribution in [0.4, 0.5) is 0 Å². The molecule has 0 bridgehead atoms. The molecule has 22 heavy (non-hydrogen) atoms. The largest absolute Gasteiger partial charge is 0.323 e. The Morgan fingerprint density at radius 1 is 0.591 bits per heavy atom. The van der Waals surface area contributed by atoms with E-state index in [1.807, 2.05) is 48.5 Å². The fourth-order valence-corrected chi connectivity index (χ4v) is 2.80. The van der Waals surface area contributed by atoms with Crippen LogP contribution in [0.2, 0.25) is 0 Å². The molecule has 0 aliphatic heterocycles. The van der Waals surface area contributed by atoms with Crippen molar-refractivity contribution < 1.29 is 0 Å². The van der Waals surface area contributed by atoms with Crippen molar-refractivity contribution in [1.29, 1.82) is 0 Å². The number of aromatic amines is 2. The lowest BCUT2D eigenvalue weighted by molar-refractivity contribution is 1.22. The zero-order valence-corrected chi connectivity index (χ0v) is 11.8. The smallest absolute Gasteiger partial charge is 0.306 e. The normalized spacial score (nSPS) is 10.9. The molecule has 0 aliphatic rings. The Morgan fingerprint density at radius 3 is 1.41 bits per heavy atom. The van der Waals surface area contributed by atoms with E-state index in [0.29, 0.717) is 0 Å². The molecule has 0 unspecified atom stereocenters. The van der Waals surface area contributed by atoms with Crippen LogP contribution in [-0.4, -0.2) is 9.97 Å². The number of hydrogen-bond acceptors (Lipinski definition) is 1. The molecule has 0 spiro atoms. The molecule has 106 valence electrons. The van der Waals surface area contributed by atoms with Gasteiger partial charge in [-0.2, -0.15) is 0 Å². The van der Waals surface area contributed by atoms with Crippen molar-refractivity contribution in [2.24, 2.45) is 0 Å². The third-order valence-electron chi connectivity index (χ3n) is 3.82. The van der Waals surface area contributed by atoms with E-state index in [1.165, 1.54) is 0 Å². The Bertz CT molecular complexity index is 903. The molecule has 1 aromatic heterocycles. The molecule has 3 aromatic carbocycles. The molecule has 4 rings (SSSR count). The van der Waals surface area contributed by atoms with Crippen LogP contribution in [0.25, 0.3) is 33.3 Å². The molecular weight excluding hydrogens is 272 g/mol. The highest BCUT2D eigenvalue weighted by Gasteiger charge is 2.10. The van der Waals surface area contributed by atoms with Gasteiger partial charge in [-0.1, -0.05) is 60.7 Å². The summed E-state index contributed by atoms with van der Waals surface area (Å²) in [4.78, 5) is 17.2. The molecule has 2 N–H and O–H groups in total. The van der Waals surface area contributed by atoms with Crippen LogP contribution in [0.1, 0.15) is 0 Å². The first-order chi connectivity index (χ1) is 10.8. The van der Waals surface area contributed by atoms with Crippen molar-refractivity contribution in [3.63, 3.8) is 0 Å². The summed E-state index contributed by atoms with van der Waals surface area (Å²) in [5.74, 6) is 0. The number of H-pyrrole nitrogens is 2. The first-order valence-electron chi connectivity index (χ1n) is 7.18. The summed E-state index contributed by atoms with van der Waals surface area (Å²) in [5.41, 5.74) is 5.94. The van der Waals surface area contributed by atoms with Gasteiger partial charge in [0, 0.05) is 0 Å². The number of imidazole rings is 1. The molecule has 3 heteroatoms. The fraction of sp³-hybridized carbons (Fsp3) is 0. The molecular formula is C19H14N2O. The van der Waals surface area contributed by atoms with Gasteiger partial charge in [0.1, 0.15) is 0 Å². The fourth-order valence-electron chi connectivity index (χ4n) is 2.80. The van der Waals surface area contributed by atoms with E-state index < -0.39 is 0 Å². The maximum absolute atomic E-state index is 11.6. The molecule has 0 aliphatic carbocycles. The van der Waals surface area contributed by atoms with Gasteiger partial charge in [-0.25, -0.2) is 4.79 Å². The minimum atomic E-state index is -0.181. The Balaban J connectivity index is 2.06. The van der Waals surface area contributed by atoms with E-state index in [-0.39, 0.29) is 5.69 Å². The summed E-state index contributed by atoms with van der Waals surface area (Å²) in [6.07, 6.45) is 0. The Kier molecular flexibility index (Phi) is 2.90. The van der Waals surface area contributed by atoms with Crippen molar-refractivity contribution in [2.45, 2.75) is 0 Å². The molecule has 3 nitrogen and oxygen atoms in total. The van der Waals surface area contributed by atoms with Crippen LogP contribution in [-0.2, 0) is 0 Å². The van der Waals surface area contributed by atoms with E-state index in [2.05, 4.69) is 34.2 Å². The van der Waals surface area contributed by atoms with Crippen LogP contribution in [0.3, 0.4) is 0 Å².